The highest BCUT2D eigenvalue weighted by molar-refractivity contribution is 7.98. The van der Waals surface area contributed by atoms with Gasteiger partial charge in [-0.15, -0.1) is 0 Å². The van der Waals surface area contributed by atoms with Crippen molar-refractivity contribution in [2.24, 2.45) is 0 Å². The van der Waals surface area contributed by atoms with E-state index in [9.17, 15) is 9.90 Å². The van der Waals surface area contributed by atoms with E-state index in [2.05, 4.69) is 17.1 Å². The zero-order chi connectivity index (χ0) is 18.4. The second-order valence-electron chi connectivity index (χ2n) is 5.74. The average molecular weight is 368 g/mol. The van der Waals surface area contributed by atoms with Crippen molar-refractivity contribution in [1.82, 2.24) is 9.55 Å². The minimum atomic E-state index is -0.338. The summed E-state index contributed by atoms with van der Waals surface area (Å²) in [5.74, 6) is 0.383. The van der Waals surface area contributed by atoms with Gasteiger partial charge in [-0.25, -0.2) is 9.78 Å². The van der Waals surface area contributed by atoms with Crippen molar-refractivity contribution in [2.45, 2.75) is 24.1 Å². The van der Waals surface area contributed by atoms with Crippen molar-refractivity contribution < 1.29 is 14.6 Å². The lowest BCUT2D eigenvalue weighted by molar-refractivity contribution is 0.0600. The monoisotopic (exact) mass is 368 g/mol. The Morgan fingerprint density at radius 1 is 1.12 bits per heavy atom. The standard InChI is InChI=1S/C20H20N2O3S/c1-25-19(24)17-9-7-16(8-10-17)14-26-20-21-11-18(13-23)22(20)12-15-5-3-2-4-6-15/h2-11,23H,12-14H2,1H3. The first-order valence-electron chi connectivity index (χ1n) is 8.20. The number of nitrogens with zero attached hydrogens (tertiary/aromatic N) is 2. The highest BCUT2D eigenvalue weighted by Gasteiger charge is 2.11. The molecule has 1 heterocycles. The number of carbonyl (C=O) groups excluding carboxylic acids is 1. The molecule has 0 radical (unpaired) electrons. The van der Waals surface area contributed by atoms with Crippen LogP contribution in [0.2, 0.25) is 0 Å². The van der Waals surface area contributed by atoms with Gasteiger partial charge in [-0.3, -0.25) is 0 Å². The van der Waals surface area contributed by atoms with E-state index in [1.54, 1.807) is 30.1 Å². The van der Waals surface area contributed by atoms with E-state index in [1.807, 2.05) is 34.9 Å². The molecule has 2 aromatic carbocycles. The molecule has 6 heteroatoms. The summed E-state index contributed by atoms with van der Waals surface area (Å²) >= 11 is 1.60. The van der Waals surface area contributed by atoms with Crippen molar-refractivity contribution >= 4 is 17.7 Å². The van der Waals surface area contributed by atoms with Crippen molar-refractivity contribution in [3.63, 3.8) is 0 Å². The Labute approximate surface area is 156 Å². The number of benzene rings is 2. The molecule has 0 unspecified atom stereocenters. The summed E-state index contributed by atoms with van der Waals surface area (Å²) in [6, 6.07) is 17.4. The number of ether oxygens (including phenoxy) is 1. The number of aromatic nitrogens is 2. The minimum absolute atomic E-state index is 0.0474. The summed E-state index contributed by atoms with van der Waals surface area (Å²) in [5.41, 5.74) is 3.57. The molecule has 0 amide bonds. The van der Waals surface area contributed by atoms with Crippen LogP contribution in [0, 0.1) is 0 Å². The largest absolute Gasteiger partial charge is 0.465 e. The predicted octanol–water partition coefficient (Wildman–Crippen LogP) is 3.50. The van der Waals surface area contributed by atoms with Gasteiger partial charge in [-0.05, 0) is 23.3 Å². The molecular weight excluding hydrogens is 348 g/mol. The van der Waals surface area contributed by atoms with Crippen LogP contribution in [-0.4, -0.2) is 27.7 Å². The van der Waals surface area contributed by atoms with Crippen LogP contribution in [0.25, 0.3) is 0 Å². The van der Waals surface area contributed by atoms with Gasteiger partial charge in [-0.2, -0.15) is 0 Å². The molecule has 0 saturated carbocycles. The fourth-order valence-corrected chi connectivity index (χ4v) is 3.52. The van der Waals surface area contributed by atoms with Crippen molar-refractivity contribution in [2.75, 3.05) is 7.11 Å². The van der Waals surface area contributed by atoms with Crippen LogP contribution in [0.5, 0.6) is 0 Å². The lowest BCUT2D eigenvalue weighted by Gasteiger charge is -2.11. The van der Waals surface area contributed by atoms with Crippen LogP contribution in [0.3, 0.4) is 0 Å². The average Bonchev–Trinajstić information content (AvgIpc) is 3.08. The van der Waals surface area contributed by atoms with Gasteiger partial charge < -0.3 is 14.4 Å². The second-order valence-corrected chi connectivity index (χ2v) is 6.68. The van der Waals surface area contributed by atoms with E-state index in [4.69, 9.17) is 4.74 Å². The molecule has 26 heavy (non-hydrogen) atoms. The molecule has 3 rings (SSSR count). The topological polar surface area (TPSA) is 64.3 Å². The number of methoxy groups -OCH3 is 1. The number of thioether (sulfide) groups is 1. The predicted molar refractivity (Wildman–Crippen MR) is 101 cm³/mol. The molecule has 0 bridgehead atoms. The number of aliphatic hydroxyl groups excluding tert-OH is 1. The van der Waals surface area contributed by atoms with Gasteiger partial charge in [0.2, 0.25) is 0 Å². The molecule has 0 spiro atoms. The molecule has 0 aliphatic rings. The van der Waals surface area contributed by atoms with Crippen LogP contribution in [0.4, 0.5) is 0 Å². The molecule has 3 aromatic rings. The van der Waals surface area contributed by atoms with E-state index in [0.29, 0.717) is 12.1 Å². The molecule has 1 N–H and O–H groups in total. The summed E-state index contributed by atoms with van der Waals surface area (Å²) in [4.78, 5) is 15.9. The number of hydrogen-bond donors (Lipinski definition) is 1. The Kier molecular flexibility index (Phi) is 6.09. The number of imidazole rings is 1. The first-order valence-corrected chi connectivity index (χ1v) is 9.19. The van der Waals surface area contributed by atoms with E-state index < -0.39 is 0 Å². The van der Waals surface area contributed by atoms with Crippen molar-refractivity contribution in [3.05, 3.63) is 83.2 Å². The van der Waals surface area contributed by atoms with Gasteiger partial charge in [0.1, 0.15) is 0 Å². The highest BCUT2D eigenvalue weighted by Crippen LogP contribution is 2.24. The second kappa shape index (κ2) is 8.69. The first kappa shape index (κ1) is 18.2. The maximum atomic E-state index is 11.5. The van der Waals surface area contributed by atoms with Gasteiger partial charge in [0, 0.05) is 12.3 Å². The van der Waals surface area contributed by atoms with E-state index in [0.717, 1.165) is 27.7 Å². The van der Waals surface area contributed by atoms with Gasteiger partial charge in [-0.1, -0.05) is 54.2 Å². The molecule has 1 aromatic heterocycles. The summed E-state index contributed by atoms with van der Waals surface area (Å²) in [6.07, 6.45) is 1.71. The van der Waals surface area contributed by atoms with Gasteiger partial charge in [0.05, 0.1) is 31.2 Å². The third-order valence-electron chi connectivity index (χ3n) is 3.99. The number of hydrogen-bond acceptors (Lipinski definition) is 5. The lowest BCUT2D eigenvalue weighted by atomic mass is 10.1. The Morgan fingerprint density at radius 2 is 1.85 bits per heavy atom. The Morgan fingerprint density at radius 3 is 2.50 bits per heavy atom. The molecule has 134 valence electrons. The molecule has 0 atom stereocenters. The number of esters is 1. The van der Waals surface area contributed by atoms with E-state index >= 15 is 0 Å². The summed E-state index contributed by atoms with van der Waals surface area (Å²) in [7, 11) is 1.37. The van der Waals surface area contributed by atoms with Gasteiger partial charge in [0.25, 0.3) is 0 Å². The Balaban J connectivity index is 1.72. The zero-order valence-corrected chi connectivity index (χ0v) is 15.3. The van der Waals surface area contributed by atoms with Crippen LogP contribution in [-0.2, 0) is 23.6 Å². The van der Waals surface area contributed by atoms with Gasteiger partial charge in [0.15, 0.2) is 5.16 Å². The van der Waals surface area contributed by atoms with E-state index in [-0.39, 0.29) is 12.6 Å². The highest BCUT2D eigenvalue weighted by atomic mass is 32.2. The smallest absolute Gasteiger partial charge is 0.337 e. The Bertz CT molecular complexity index is 861. The van der Waals surface area contributed by atoms with E-state index in [1.165, 1.54) is 7.11 Å². The zero-order valence-electron chi connectivity index (χ0n) is 14.5. The van der Waals surface area contributed by atoms with Crippen molar-refractivity contribution in [1.29, 1.82) is 0 Å². The molecule has 0 aliphatic carbocycles. The van der Waals surface area contributed by atoms with Crippen molar-refractivity contribution in [3.8, 4) is 0 Å². The molecular formula is C20H20N2O3S. The van der Waals surface area contributed by atoms with Crippen LogP contribution >= 0.6 is 11.8 Å². The number of aliphatic hydroxyl groups is 1. The molecule has 0 fully saturated rings. The Hall–Kier alpha value is -2.57. The van der Waals surface area contributed by atoms with Gasteiger partial charge >= 0.3 is 5.97 Å². The summed E-state index contributed by atoms with van der Waals surface area (Å²) < 4.78 is 6.74. The minimum Gasteiger partial charge on any atom is -0.465 e. The number of carbonyl (C=O) groups is 1. The summed E-state index contributed by atoms with van der Waals surface area (Å²) in [5, 5.41) is 10.4. The fraction of sp³-hybridized carbons (Fsp3) is 0.200. The maximum absolute atomic E-state index is 11.5. The maximum Gasteiger partial charge on any atom is 0.337 e. The third kappa shape index (κ3) is 4.33. The fourth-order valence-electron chi connectivity index (χ4n) is 2.57. The lowest BCUT2D eigenvalue weighted by Crippen LogP contribution is -2.06. The van der Waals surface area contributed by atoms with Crippen LogP contribution in [0.1, 0.15) is 27.2 Å². The number of rotatable bonds is 7. The van der Waals surface area contributed by atoms with Crippen LogP contribution in [0.15, 0.2) is 66.0 Å². The third-order valence-corrected chi connectivity index (χ3v) is 5.05. The SMILES string of the molecule is COC(=O)c1ccc(CSc2ncc(CO)n2Cc2ccccc2)cc1. The van der Waals surface area contributed by atoms with Crippen LogP contribution < -0.4 is 0 Å². The first-order chi connectivity index (χ1) is 12.7. The molecule has 0 aliphatic heterocycles. The summed E-state index contributed by atoms with van der Waals surface area (Å²) in [6.45, 7) is 0.620. The normalized spacial score (nSPS) is 10.7. The molecule has 0 saturated heterocycles. The molecule has 5 nitrogen and oxygen atoms in total. The quantitative estimate of drug-likeness (QED) is 0.511.